The van der Waals surface area contributed by atoms with Crippen molar-refractivity contribution < 1.29 is 28.7 Å². The van der Waals surface area contributed by atoms with Crippen LogP contribution in [0.25, 0.3) is 10.9 Å². The van der Waals surface area contributed by atoms with Gasteiger partial charge in [0.15, 0.2) is 0 Å². The Bertz CT molecular complexity index is 1080. The predicted octanol–water partition coefficient (Wildman–Crippen LogP) is 1.90. The molecule has 2 unspecified atom stereocenters. The fraction of sp³-hybridized carbons (Fsp3) is 0.520. The molecule has 35 heavy (non-hydrogen) atoms. The molecule has 0 spiro atoms. The van der Waals surface area contributed by atoms with E-state index >= 15 is 0 Å². The number of carbonyl (C=O) groups is 4. The molecule has 1 saturated heterocycles. The summed E-state index contributed by atoms with van der Waals surface area (Å²) in [5.74, 6) is -1.37. The minimum Gasteiger partial charge on any atom is -0.493 e. The molecule has 10 nitrogen and oxygen atoms in total. The number of fused-ring (bicyclic) bond motifs is 1. The standard InChI is InChI=1S/C25H34N4O6/c1-5-35-21-8-6-7-17-16(21)13-19(27-17)24(32)28-18(11-14(2)3)23(31)29-20(25(33)34-4)12-15-9-10-26-22(15)30/h6-8,13-15,18,20,27H,5,9-12H2,1-4H3,(H,26,30)(H,28,32)(H,29,31)/t15-,18?,20?/m0/s1. The molecule has 2 heterocycles. The van der Waals surface area contributed by atoms with E-state index in [9.17, 15) is 19.2 Å². The summed E-state index contributed by atoms with van der Waals surface area (Å²) in [5, 5.41) is 8.98. The molecule has 0 bridgehead atoms. The topological polar surface area (TPSA) is 139 Å². The smallest absolute Gasteiger partial charge is 0.328 e. The highest BCUT2D eigenvalue weighted by atomic mass is 16.5. The molecule has 3 rings (SSSR count). The van der Waals surface area contributed by atoms with Crippen LogP contribution in [-0.2, 0) is 19.1 Å². The van der Waals surface area contributed by atoms with Crippen LogP contribution in [-0.4, -0.2) is 61.0 Å². The van der Waals surface area contributed by atoms with Crippen molar-refractivity contribution in [1.82, 2.24) is 20.9 Å². The lowest BCUT2D eigenvalue weighted by atomic mass is 9.97. The van der Waals surface area contributed by atoms with Gasteiger partial charge >= 0.3 is 5.97 Å². The van der Waals surface area contributed by atoms with Gasteiger partial charge in [0, 0.05) is 23.4 Å². The SMILES string of the molecule is CCOc1cccc2[nH]c(C(=O)NC(CC(C)C)C(=O)NC(C[C@@H]3CCNC3=O)C(=O)OC)cc12. The summed E-state index contributed by atoms with van der Waals surface area (Å²) in [6.07, 6.45) is 1.08. The van der Waals surface area contributed by atoms with E-state index in [1.165, 1.54) is 7.11 Å². The number of aromatic nitrogens is 1. The predicted molar refractivity (Wildman–Crippen MR) is 130 cm³/mol. The number of methoxy groups -OCH3 is 1. The number of hydrogen-bond donors (Lipinski definition) is 4. The van der Waals surface area contributed by atoms with E-state index in [2.05, 4.69) is 20.9 Å². The Kier molecular flexibility index (Phi) is 8.73. The van der Waals surface area contributed by atoms with Gasteiger partial charge in [-0.25, -0.2) is 4.79 Å². The highest BCUT2D eigenvalue weighted by molar-refractivity contribution is 6.01. The molecule has 3 atom stereocenters. The number of esters is 1. The maximum absolute atomic E-state index is 13.2. The zero-order valence-corrected chi connectivity index (χ0v) is 20.6. The van der Waals surface area contributed by atoms with Crippen LogP contribution in [0.15, 0.2) is 24.3 Å². The van der Waals surface area contributed by atoms with Gasteiger partial charge < -0.3 is 30.4 Å². The van der Waals surface area contributed by atoms with Crippen LogP contribution in [0.3, 0.4) is 0 Å². The molecule has 1 fully saturated rings. The summed E-state index contributed by atoms with van der Waals surface area (Å²) in [4.78, 5) is 53.6. The average Bonchev–Trinajstić information content (AvgIpc) is 3.44. The lowest BCUT2D eigenvalue weighted by Gasteiger charge is -2.24. The molecule has 1 aromatic carbocycles. The average molecular weight is 487 g/mol. The molecule has 4 N–H and O–H groups in total. The van der Waals surface area contributed by atoms with Crippen LogP contribution in [0, 0.1) is 11.8 Å². The van der Waals surface area contributed by atoms with E-state index < -0.39 is 29.9 Å². The molecule has 3 amide bonds. The molecule has 10 heteroatoms. The van der Waals surface area contributed by atoms with Gasteiger partial charge in [0.25, 0.3) is 5.91 Å². The quantitative estimate of drug-likeness (QED) is 0.358. The van der Waals surface area contributed by atoms with Gasteiger partial charge in [0.2, 0.25) is 11.8 Å². The Hall–Kier alpha value is -3.56. The number of aromatic amines is 1. The molecule has 2 aromatic rings. The number of carbonyl (C=O) groups excluding carboxylic acids is 4. The van der Waals surface area contributed by atoms with Crippen molar-refractivity contribution in [2.75, 3.05) is 20.3 Å². The fourth-order valence-corrected chi connectivity index (χ4v) is 4.25. The summed E-state index contributed by atoms with van der Waals surface area (Å²) in [6, 6.07) is 5.31. The van der Waals surface area contributed by atoms with Gasteiger partial charge in [-0.05, 0) is 50.3 Å². The molecule has 0 saturated carbocycles. The number of amides is 3. The Morgan fingerprint density at radius 2 is 1.94 bits per heavy atom. The Morgan fingerprint density at radius 1 is 1.17 bits per heavy atom. The summed E-state index contributed by atoms with van der Waals surface area (Å²) in [5.41, 5.74) is 1.03. The second-order valence-electron chi connectivity index (χ2n) is 9.09. The highest BCUT2D eigenvalue weighted by Gasteiger charge is 2.34. The zero-order valence-electron chi connectivity index (χ0n) is 20.6. The second-order valence-corrected chi connectivity index (χ2v) is 9.09. The summed E-state index contributed by atoms with van der Waals surface area (Å²) < 4.78 is 10.5. The van der Waals surface area contributed by atoms with Crippen molar-refractivity contribution in [2.45, 2.75) is 52.1 Å². The molecular formula is C25H34N4O6. The lowest BCUT2D eigenvalue weighted by molar-refractivity contribution is -0.146. The third kappa shape index (κ3) is 6.52. The molecular weight excluding hydrogens is 452 g/mol. The van der Waals surface area contributed by atoms with Crippen LogP contribution in [0.2, 0.25) is 0 Å². The molecule has 0 aliphatic carbocycles. The Labute approximate surface area is 204 Å². The number of nitrogens with one attached hydrogen (secondary N) is 4. The second kappa shape index (κ2) is 11.7. The summed E-state index contributed by atoms with van der Waals surface area (Å²) in [6.45, 7) is 6.78. The number of rotatable bonds is 11. The molecule has 0 radical (unpaired) electrons. The van der Waals surface area contributed by atoms with Crippen molar-refractivity contribution in [3.63, 3.8) is 0 Å². The summed E-state index contributed by atoms with van der Waals surface area (Å²) in [7, 11) is 1.23. The van der Waals surface area contributed by atoms with E-state index in [-0.39, 0.29) is 24.2 Å². The number of benzene rings is 1. The number of hydrogen-bond acceptors (Lipinski definition) is 6. The van der Waals surface area contributed by atoms with E-state index in [1.807, 2.05) is 39.0 Å². The van der Waals surface area contributed by atoms with Crippen LogP contribution in [0.4, 0.5) is 0 Å². The maximum Gasteiger partial charge on any atom is 0.328 e. The van der Waals surface area contributed by atoms with Crippen molar-refractivity contribution in [2.24, 2.45) is 11.8 Å². The van der Waals surface area contributed by atoms with Gasteiger partial charge in [-0.3, -0.25) is 14.4 Å². The van der Waals surface area contributed by atoms with Crippen LogP contribution >= 0.6 is 0 Å². The first-order valence-corrected chi connectivity index (χ1v) is 11.9. The largest absolute Gasteiger partial charge is 0.493 e. The van der Waals surface area contributed by atoms with Crippen molar-refractivity contribution in [1.29, 1.82) is 0 Å². The first-order valence-electron chi connectivity index (χ1n) is 11.9. The van der Waals surface area contributed by atoms with Crippen molar-refractivity contribution >= 4 is 34.6 Å². The van der Waals surface area contributed by atoms with Crippen molar-refractivity contribution in [3.05, 3.63) is 30.0 Å². The van der Waals surface area contributed by atoms with Gasteiger partial charge in [-0.1, -0.05) is 19.9 Å². The number of H-pyrrole nitrogens is 1. The van der Waals surface area contributed by atoms with Crippen LogP contribution < -0.4 is 20.7 Å². The van der Waals surface area contributed by atoms with Gasteiger partial charge in [-0.2, -0.15) is 0 Å². The molecule has 1 aromatic heterocycles. The summed E-state index contributed by atoms with van der Waals surface area (Å²) >= 11 is 0. The van der Waals surface area contributed by atoms with E-state index in [4.69, 9.17) is 9.47 Å². The highest BCUT2D eigenvalue weighted by Crippen LogP contribution is 2.26. The third-order valence-electron chi connectivity index (χ3n) is 5.98. The lowest BCUT2D eigenvalue weighted by Crippen LogP contribution is -2.53. The normalized spacial score (nSPS) is 17.1. The number of ether oxygens (including phenoxy) is 2. The molecule has 190 valence electrons. The van der Waals surface area contributed by atoms with E-state index in [1.54, 1.807) is 6.07 Å². The van der Waals surface area contributed by atoms with Crippen LogP contribution in [0.1, 0.15) is 50.5 Å². The Balaban J connectivity index is 1.76. The van der Waals surface area contributed by atoms with Crippen molar-refractivity contribution in [3.8, 4) is 5.75 Å². The van der Waals surface area contributed by atoms with Crippen LogP contribution in [0.5, 0.6) is 5.75 Å². The monoisotopic (exact) mass is 486 g/mol. The minimum atomic E-state index is -0.991. The first kappa shape index (κ1) is 26.1. The van der Waals surface area contributed by atoms with E-state index in [0.717, 1.165) is 10.9 Å². The molecule has 1 aliphatic heterocycles. The van der Waals surface area contributed by atoms with Gasteiger partial charge in [0.05, 0.1) is 13.7 Å². The third-order valence-corrected chi connectivity index (χ3v) is 5.98. The maximum atomic E-state index is 13.2. The first-order chi connectivity index (χ1) is 16.7. The van der Waals surface area contributed by atoms with Gasteiger partial charge in [0.1, 0.15) is 23.5 Å². The van der Waals surface area contributed by atoms with Gasteiger partial charge in [-0.15, -0.1) is 0 Å². The minimum absolute atomic E-state index is 0.0931. The zero-order chi connectivity index (χ0) is 25.5. The Morgan fingerprint density at radius 3 is 2.57 bits per heavy atom. The molecule has 1 aliphatic rings. The van der Waals surface area contributed by atoms with E-state index in [0.29, 0.717) is 37.4 Å². The fourth-order valence-electron chi connectivity index (χ4n) is 4.25.